The first-order chi connectivity index (χ1) is 11.5. The van der Waals surface area contributed by atoms with Crippen molar-refractivity contribution in [3.8, 4) is 0 Å². The molecule has 0 aliphatic rings. The Morgan fingerprint density at radius 2 is 1.96 bits per heavy atom. The molecule has 1 amide bonds. The number of aliphatic hydroxyl groups is 1. The summed E-state index contributed by atoms with van der Waals surface area (Å²) in [5.74, 6) is 0.0133. The zero-order valence-electron chi connectivity index (χ0n) is 14.3. The molecule has 2 rings (SSSR count). The molecule has 2 aromatic rings. The number of rotatable bonds is 7. The molecular weight excluding hydrogens is 320 g/mol. The van der Waals surface area contributed by atoms with Gasteiger partial charge in [0.1, 0.15) is 0 Å². The van der Waals surface area contributed by atoms with Gasteiger partial charge in [0.05, 0.1) is 22.9 Å². The van der Waals surface area contributed by atoms with Gasteiger partial charge in [-0.05, 0) is 38.5 Å². The number of carbonyl (C=O) groups is 1. The van der Waals surface area contributed by atoms with E-state index >= 15 is 0 Å². The molecule has 0 bridgehead atoms. The van der Waals surface area contributed by atoms with Gasteiger partial charge in [-0.2, -0.15) is 0 Å². The van der Waals surface area contributed by atoms with E-state index in [-0.39, 0.29) is 11.2 Å². The van der Waals surface area contributed by atoms with Gasteiger partial charge in [-0.1, -0.05) is 47.7 Å². The van der Waals surface area contributed by atoms with E-state index in [1.807, 2.05) is 63.2 Å². The van der Waals surface area contributed by atoms with Gasteiger partial charge in [-0.3, -0.25) is 4.79 Å². The minimum absolute atomic E-state index is 0.0133. The molecule has 0 aliphatic carbocycles. The lowest BCUT2D eigenvalue weighted by molar-refractivity contribution is -0.131. The van der Waals surface area contributed by atoms with Crippen molar-refractivity contribution >= 4 is 17.7 Å². The predicted molar refractivity (Wildman–Crippen MR) is 97.9 cm³/mol. The third kappa shape index (κ3) is 5.08. The summed E-state index contributed by atoms with van der Waals surface area (Å²) in [4.78, 5) is 18.6. The Kier molecular flexibility index (Phi) is 6.82. The van der Waals surface area contributed by atoms with Crippen LogP contribution in [-0.4, -0.2) is 39.2 Å². The largest absolute Gasteiger partial charge is 0.387 e. The third-order valence-corrected chi connectivity index (χ3v) is 4.87. The number of nitrogens with zero attached hydrogens (tertiary/aromatic N) is 2. The van der Waals surface area contributed by atoms with E-state index in [1.165, 1.54) is 11.8 Å². The van der Waals surface area contributed by atoms with E-state index < -0.39 is 6.10 Å². The normalized spacial score (nSPS) is 13.3. The Hall–Kier alpha value is -1.85. The van der Waals surface area contributed by atoms with Gasteiger partial charge in [0, 0.05) is 12.7 Å². The van der Waals surface area contributed by atoms with Crippen molar-refractivity contribution in [3.63, 3.8) is 0 Å². The number of hydrogen-bond acceptors (Lipinski definition) is 4. The van der Waals surface area contributed by atoms with Gasteiger partial charge in [0.15, 0.2) is 0 Å². The molecule has 0 saturated heterocycles. The summed E-state index contributed by atoms with van der Waals surface area (Å²) in [6, 6.07) is 13.4. The van der Waals surface area contributed by atoms with Crippen molar-refractivity contribution in [1.29, 1.82) is 0 Å². The number of hydrogen-bond donors (Lipinski definition) is 1. The molecule has 0 saturated carbocycles. The Labute approximate surface area is 147 Å². The van der Waals surface area contributed by atoms with Crippen LogP contribution in [0, 0.1) is 6.92 Å². The van der Waals surface area contributed by atoms with Crippen LogP contribution in [0.1, 0.15) is 31.1 Å². The fourth-order valence-corrected chi connectivity index (χ4v) is 3.27. The van der Waals surface area contributed by atoms with Gasteiger partial charge in [-0.15, -0.1) is 0 Å². The summed E-state index contributed by atoms with van der Waals surface area (Å²) in [5.41, 5.74) is 1.98. The van der Waals surface area contributed by atoms with Crippen molar-refractivity contribution in [2.45, 2.75) is 37.2 Å². The number of pyridine rings is 1. The first-order valence-electron chi connectivity index (χ1n) is 8.12. The number of benzene rings is 1. The molecule has 2 unspecified atom stereocenters. The maximum absolute atomic E-state index is 12.7. The maximum Gasteiger partial charge on any atom is 0.235 e. The van der Waals surface area contributed by atoms with Gasteiger partial charge in [0.25, 0.3) is 0 Å². The lowest BCUT2D eigenvalue weighted by Gasteiger charge is -2.26. The fraction of sp³-hybridized carbons (Fsp3) is 0.368. The van der Waals surface area contributed by atoms with E-state index in [0.717, 1.165) is 16.2 Å². The quantitative estimate of drug-likeness (QED) is 0.782. The molecule has 0 fully saturated rings. The molecule has 128 valence electrons. The molecule has 0 spiro atoms. The minimum atomic E-state index is -0.679. The number of amides is 1. The van der Waals surface area contributed by atoms with E-state index in [1.54, 1.807) is 11.1 Å². The van der Waals surface area contributed by atoms with Crippen molar-refractivity contribution in [2.24, 2.45) is 0 Å². The summed E-state index contributed by atoms with van der Waals surface area (Å²) in [5, 5.41) is 11.0. The minimum Gasteiger partial charge on any atom is -0.387 e. The van der Waals surface area contributed by atoms with Crippen LogP contribution in [0.3, 0.4) is 0 Å². The Morgan fingerprint density at radius 3 is 2.54 bits per heavy atom. The molecule has 4 nitrogen and oxygen atoms in total. The SMILES string of the molecule is CCN(CC(O)c1ccc(C)cc1)C(=O)C(C)Sc1ccccn1. The maximum atomic E-state index is 12.7. The molecule has 1 aromatic carbocycles. The van der Waals surface area contributed by atoms with E-state index in [0.29, 0.717) is 13.1 Å². The van der Waals surface area contributed by atoms with Crippen molar-refractivity contribution in [1.82, 2.24) is 9.88 Å². The van der Waals surface area contributed by atoms with Crippen LogP contribution in [0.25, 0.3) is 0 Å². The van der Waals surface area contributed by atoms with Gasteiger partial charge < -0.3 is 10.0 Å². The number of aliphatic hydroxyl groups excluding tert-OH is 1. The summed E-state index contributed by atoms with van der Waals surface area (Å²) < 4.78 is 0. The Morgan fingerprint density at radius 1 is 1.25 bits per heavy atom. The monoisotopic (exact) mass is 344 g/mol. The molecule has 5 heteroatoms. The molecule has 1 heterocycles. The number of aryl methyl sites for hydroxylation is 1. The summed E-state index contributed by atoms with van der Waals surface area (Å²) in [6.07, 6.45) is 1.04. The van der Waals surface area contributed by atoms with Crippen molar-refractivity contribution in [2.75, 3.05) is 13.1 Å². The van der Waals surface area contributed by atoms with Gasteiger partial charge in [-0.25, -0.2) is 4.98 Å². The smallest absolute Gasteiger partial charge is 0.235 e. The Bertz CT molecular complexity index is 646. The summed E-state index contributed by atoms with van der Waals surface area (Å²) >= 11 is 1.44. The van der Waals surface area contributed by atoms with Crippen LogP contribution >= 0.6 is 11.8 Å². The third-order valence-electron chi connectivity index (χ3n) is 3.83. The van der Waals surface area contributed by atoms with Crippen LogP contribution in [-0.2, 0) is 4.79 Å². The Balaban J connectivity index is 1.98. The van der Waals surface area contributed by atoms with Crippen LogP contribution in [0.15, 0.2) is 53.7 Å². The lowest BCUT2D eigenvalue weighted by atomic mass is 10.1. The second-order valence-corrected chi connectivity index (χ2v) is 7.09. The summed E-state index contributed by atoms with van der Waals surface area (Å²) in [6.45, 7) is 6.68. The van der Waals surface area contributed by atoms with E-state index in [9.17, 15) is 9.90 Å². The topological polar surface area (TPSA) is 53.4 Å². The second-order valence-electron chi connectivity index (χ2n) is 5.73. The molecule has 24 heavy (non-hydrogen) atoms. The molecule has 1 aromatic heterocycles. The van der Waals surface area contributed by atoms with E-state index in [2.05, 4.69) is 4.98 Å². The van der Waals surface area contributed by atoms with Crippen LogP contribution in [0.2, 0.25) is 0 Å². The number of likely N-dealkylation sites (N-methyl/N-ethyl adjacent to an activating group) is 1. The highest BCUT2D eigenvalue weighted by Crippen LogP contribution is 2.23. The number of aromatic nitrogens is 1. The predicted octanol–water partition coefficient (Wildman–Crippen LogP) is 3.45. The molecular formula is C19H24N2O2S. The highest BCUT2D eigenvalue weighted by Gasteiger charge is 2.23. The highest BCUT2D eigenvalue weighted by atomic mass is 32.2. The zero-order chi connectivity index (χ0) is 17.5. The first kappa shape index (κ1) is 18.5. The number of thioether (sulfide) groups is 1. The summed E-state index contributed by atoms with van der Waals surface area (Å²) in [7, 11) is 0. The van der Waals surface area contributed by atoms with E-state index in [4.69, 9.17) is 0 Å². The molecule has 0 aliphatic heterocycles. The average Bonchev–Trinajstić information content (AvgIpc) is 2.60. The first-order valence-corrected chi connectivity index (χ1v) is 9.00. The molecule has 1 N–H and O–H groups in total. The van der Waals surface area contributed by atoms with Crippen LogP contribution in [0.4, 0.5) is 0 Å². The second kappa shape index (κ2) is 8.85. The van der Waals surface area contributed by atoms with Gasteiger partial charge >= 0.3 is 0 Å². The van der Waals surface area contributed by atoms with Gasteiger partial charge in [0.2, 0.25) is 5.91 Å². The molecule has 2 atom stereocenters. The van der Waals surface area contributed by atoms with Crippen LogP contribution < -0.4 is 0 Å². The van der Waals surface area contributed by atoms with Crippen molar-refractivity contribution in [3.05, 3.63) is 59.8 Å². The highest BCUT2D eigenvalue weighted by molar-refractivity contribution is 8.00. The molecule has 0 radical (unpaired) electrons. The van der Waals surface area contributed by atoms with Crippen LogP contribution in [0.5, 0.6) is 0 Å². The number of carbonyl (C=O) groups excluding carboxylic acids is 1. The zero-order valence-corrected chi connectivity index (χ0v) is 15.2. The van der Waals surface area contributed by atoms with Crippen molar-refractivity contribution < 1.29 is 9.90 Å². The lowest BCUT2D eigenvalue weighted by Crippen LogP contribution is -2.39. The fourth-order valence-electron chi connectivity index (χ4n) is 2.38. The standard InChI is InChI=1S/C19H24N2O2S/c1-4-21(13-17(22)16-10-8-14(2)9-11-16)19(23)15(3)24-18-7-5-6-12-20-18/h5-12,15,17,22H,4,13H2,1-3H3. The average molecular weight is 344 g/mol.